The van der Waals surface area contributed by atoms with Gasteiger partial charge >= 0.3 is 14.3 Å². The minimum atomic E-state index is -1.23. The first-order valence-electron chi connectivity index (χ1n) is 4.21. The summed E-state index contributed by atoms with van der Waals surface area (Å²) in [5.41, 5.74) is -0.175. The first-order chi connectivity index (χ1) is 6.40. The molecule has 0 spiro atoms. The van der Waals surface area contributed by atoms with Gasteiger partial charge in [0.05, 0.1) is 0 Å². The van der Waals surface area contributed by atoms with Crippen molar-refractivity contribution in [2.45, 2.75) is 26.3 Å². The van der Waals surface area contributed by atoms with Crippen molar-refractivity contribution in [1.29, 1.82) is 0 Å². The van der Waals surface area contributed by atoms with Crippen molar-refractivity contribution in [2.75, 3.05) is 0 Å². The highest BCUT2D eigenvalue weighted by Gasteiger charge is 2.23. The van der Waals surface area contributed by atoms with Crippen LogP contribution in [0.1, 0.15) is 20.8 Å². The van der Waals surface area contributed by atoms with Crippen molar-refractivity contribution in [1.82, 2.24) is 10.5 Å². The van der Waals surface area contributed by atoms with Crippen molar-refractivity contribution in [3.63, 3.8) is 0 Å². The smallest absolute Gasteiger partial charge is 0.393 e. The van der Waals surface area contributed by atoms with E-state index in [1.165, 1.54) is 7.55 Å². The largest absolute Gasteiger partial charge is 0.396 e. The maximum Gasteiger partial charge on any atom is 0.393 e. The summed E-state index contributed by atoms with van der Waals surface area (Å²) in [6, 6.07) is 0. The minimum absolute atomic E-state index is 0.175. The molecule has 0 aliphatic carbocycles. The van der Waals surface area contributed by atoms with E-state index in [0.717, 1.165) is 0 Å². The Kier molecular flexibility index (Phi) is 5.15. The summed E-state index contributed by atoms with van der Waals surface area (Å²) in [6.45, 7) is 4.50. The number of nitrogens with one attached hydrogen (secondary N) is 2. The lowest BCUT2D eigenvalue weighted by atomic mass is 9.52. The van der Waals surface area contributed by atoms with E-state index in [2.05, 4.69) is 10.5 Å². The Morgan fingerprint density at radius 3 is 2.14 bits per heavy atom. The van der Waals surface area contributed by atoms with Crippen LogP contribution in [0.15, 0.2) is 0 Å². The second kappa shape index (κ2) is 5.59. The van der Waals surface area contributed by atoms with E-state index < -0.39 is 12.5 Å². The van der Waals surface area contributed by atoms with Crippen LogP contribution in [-0.2, 0) is 9.59 Å². The Morgan fingerprint density at radius 1 is 1.29 bits per heavy atom. The fourth-order valence-electron chi connectivity index (χ4n) is 0.576. The lowest BCUT2D eigenvalue weighted by Crippen LogP contribution is -2.50. The Labute approximate surface area is 84.4 Å². The van der Waals surface area contributed by atoms with Crippen molar-refractivity contribution in [2.24, 2.45) is 0 Å². The van der Waals surface area contributed by atoms with E-state index >= 15 is 0 Å². The molecule has 0 unspecified atom stereocenters. The van der Waals surface area contributed by atoms with Crippen LogP contribution in [0.5, 0.6) is 0 Å². The van der Waals surface area contributed by atoms with Crippen LogP contribution in [0.2, 0.25) is 0 Å². The van der Waals surface area contributed by atoms with Gasteiger partial charge in [-0.1, -0.05) is 0 Å². The summed E-state index contributed by atoms with van der Waals surface area (Å²) in [5.74, 6) is -0.633. The molecule has 0 heterocycles. The van der Waals surface area contributed by atoms with Gasteiger partial charge in [0.15, 0.2) is 5.81 Å². The maximum atomic E-state index is 11.0. The molecule has 0 aromatic carbocycles. The summed E-state index contributed by atoms with van der Waals surface area (Å²) in [7, 11) is 1.32. The first kappa shape index (κ1) is 12.9. The van der Waals surface area contributed by atoms with Gasteiger partial charge in [0.25, 0.3) is 0 Å². The van der Waals surface area contributed by atoms with E-state index in [4.69, 9.17) is 0 Å². The van der Waals surface area contributed by atoms with Crippen molar-refractivity contribution in [3.05, 3.63) is 0 Å². The van der Waals surface area contributed by atoms with Gasteiger partial charge in [-0.25, -0.2) is 0 Å². The van der Waals surface area contributed by atoms with Crippen molar-refractivity contribution in [3.8, 4) is 0 Å². The van der Waals surface area contributed by atoms with Gasteiger partial charge < -0.3 is 20.0 Å². The van der Waals surface area contributed by atoms with Crippen LogP contribution in [0.25, 0.3) is 0 Å². The number of rotatable bonds is 5. The van der Waals surface area contributed by atoms with Gasteiger partial charge in [-0.05, 0) is 20.8 Å². The fourth-order valence-corrected chi connectivity index (χ4v) is 0.576. The van der Waals surface area contributed by atoms with Crippen LogP contribution < -0.4 is 10.5 Å². The third kappa shape index (κ3) is 5.53. The monoisotopic (exact) mass is 195 g/mol. The average molecular weight is 195 g/mol. The normalized spacial score (nSPS) is 10.2. The molecular weight excluding hydrogens is 182 g/mol. The molecule has 2 N–H and O–H groups in total. The molecule has 0 aliphatic rings. The van der Waals surface area contributed by atoms with Crippen LogP contribution >= 0.6 is 0 Å². The summed E-state index contributed by atoms with van der Waals surface area (Å²) in [5, 5.41) is 5.17. The summed E-state index contributed by atoms with van der Waals surface area (Å²) < 4.78 is 0. The molecule has 1 amide bonds. The number of carbonyl (C=O) groups excluding carboxylic acids is 3. The Hall–Kier alpha value is -1.10. The van der Waals surface area contributed by atoms with Crippen LogP contribution in [0.3, 0.4) is 0 Å². The summed E-state index contributed by atoms with van der Waals surface area (Å²) in [4.78, 5) is 31.5. The molecule has 0 aromatic rings. The molecular formula is C7H13B2N2O3. The molecule has 0 saturated heterocycles. The van der Waals surface area contributed by atoms with Crippen LogP contribution in [0.4, 0.5) is 4.79 Å². The molecule has 75 valence electrons. The SMILES string of the molecule is CC(C)(C)N[B]NC(=O)B(C=O)C=O. The molecule has 1 radical (unpaired) electrons. The summed E-state index contributed by atoms with van der Waals surface area (Å²) in [6.07, 6.45) is 0.598. The fraction of sp³-hybridized carbons (Fsp3) is 0.571. The van der Waals surface area contributed by atoms with Crippen LogP contribution in [-0.4, -0.2) is 38.0 Å². The Balaban J connectivity index is 3.85. The number of hydrogen-bond acceptors (Lipinski definition) is 4. The zero-order valence-corrected chi connectivity index (χ0v) is 8.53. The summed E-state index contributed by atoms with van der Waals surface area (Å²) >= 11 is 0. The van der Waals surface area contributed by atoms with E-state index in [1.54, 1.807) is 0 Å². The van der Waals surface area contributed by atoms with Gasteiger partial charge in [-0.2, -0.15) is 0 Å². The Bertz CT molecular complexity index is 219. The molecule has 0 aromatic heterocycles. The highest BCUT2D eigenvalue weighted by molar-refractivity contribution is 7.22. The van der Waals surface area contributed by atoms with Crippen LogP contribution in [0, 0.1) is 0 Å². The molecule has 0 aliphatic heterocycles. The first-order valence-corrected chi connectivity index (χ1v) is 4.21. The van der Waals surface area contributed by atoms with Gasteiger partial charge in [-0.3, -0.25) is 4.79 Å². The third-order valence-electron chi connectivity index (χ3n) is 1.32. The molecule has 7 heteroatoms. The zero-order valence-electron chi connectivity index (χ0n) is 8.53. The number of carbonyl (C=O) groups is 3. The predicted octanol–water partition coefficient (Wildman–Crippen LogP) is -0.761. The third-order valence-corrected chi connectivity index (χ3v) is 1.32. The molecule has 5 nitrogen and oxygen atoms in total. The molecule has 14 heavy (non-hydrogen) atoms. The van der Waals surface area contributed by atoms with Crippen molar-refractivity contribution < 1.29 is 14.4 Å². The molecule has 0 rings (SSSR count). The van der Waals surface area contributed by atoms with Gasteiger partial charge in [0.2, 0.25) is 0 Å². The van der Waals surface area contributed by atoms with Gasteiger partial charge in [0.1, 0.15) is 12.4 Å². The minimum Gasteiger partial charge on any atom is -0.396 e. The van der Waals surface area contributed by atoms with E-state index in [-0.39, 0.29) is 5.54 Å². The van der Waals surface area contributed by atoms with Gasteiger partial charge in [-0.15, -0.1) is 0 Å². The molecule has 0 fully saturated rings. The standard InChI is InChI=1S/C7H13B2N2O3/c1-7(2,3)11-8-10-6(14)9(4-12)5-13/h4-5,11H,1-3H3,(H,10,14). The highest BCUT2D eigenvalue weighted by atomic mass is 16.2. The highest BCUT2D eigenvalue weighted by Crippen LogP contribution is 1.95. The maximum absolute atomic E-state index is 11.0. The lowest BCUT2D eigenvalue weighted by Gasteiger charge is -2.19. The molecule has 0 saturated carbocycles. The lowest BCUT2D eigenvalue weighted by molar-refractivity contribution is 0.263. The second-order valence-corrected chi connectivity index (χ2v) is 3.85. The van der Waals surface area contributed by atoms with Crippen molar-refractivity contribution >= 4 is 32.4 Å². The topological polar surface area (TPSA) is 75.3 Å². The molecule has 0 atom stereocenters. The predicted molar refractivity (Wildman–Crippen MR) is 56.4 cm³/mol. The Morgan fingerprint density at radius 2 is 1.79 bits per heavy atom. The van der Waals surface area contributed by atoms with E-state index in [0.29, 0.717) is 12.4 Å². The average Bonchev–Trinajstić information content (AvgIpc) is 2.04. The van der Waals surface area contributed by atoms with E-state index in [1.807, 2.05) is 20.8 Å². The number of hydrogen-bond donors (Lipinski definition) is 2. The second-order valence-electron chi connectivity index (χ2n) is 3.85. The molecule has 0 bridgehead atoms. The van der Waals surface area contributed by atoms with E-state index in [9.17, 15) is 14.4 Å². The van der Waals surface area contributed by atoms with Gasteiger partial charge in [0, 0.05) is 5.54 Å². The number of amides is 1. The zero-order chi connectivity index (χ0) is 11.2. The quantitative estimate of drug-likeness (QED) is 0.446.